The molecule has 6 nitrogen and oxygen atoms in total. The van der Waals surface area contributed by atoms with Crippen LogP contribution in [0.25, 0.3) is 0 Å². The van der Waals surface area contributed by atoms with Gasteiger partial charge in [0.05, 0.1) is 5.56 Å². The molecule has 1 saturated heterocycles. The van der Waals surface area contributed by atoms with Crippen molar-refractivity contribution in [2.75, 3.05) is 16.8 Å². The van der Waals surface area contributed by atoms with Crippen molar-refractivity contribution in [3.63, 3.8) is 0 Å². The Morgan fingerprint density at radius 1 is 1.17 bits per heavy atom. The van der Waals surface area contributed by atoms with Gasteiger partial charge in [-0.15, -0.1) is 10.2 Å². The summed E-state index contributed by atoms with van der Waals surface area (Å²) in [6.45, 7) is 4.66. The Kier molecular flexibility index (Phi) is 5.47. The van der Waals surface area contributed by atoms with Gasteiger partial charge in [-0.3, -0.25) is 14.9 Å². The molecule has 0 bridgehead atoms. The zero-order chi connectivity index (χ0) is 20.5. The molecule has 0 spiro atoms. The van der Waals surface area contributed by atoms with E-state index in [2.05, 4.69) is 38.4 Å². The molecule has 1 aromatic heterocycles. The number of benzene rings is 2. The summed E-state index contributed by atoms with van der Waals surface area (Å²) in [6.07, 6.45) is 0.389. The summed E-state index contributed by atoms with van der Waals surface area (Å²) in [5, 5.41) is 12.3. The molecule has 1 N–H and O–H groups in total. The number of halogens is 1. The number of anilines is 2. The first-order valence-corrected chi connectivity index (χ1v) is 10.8. The number of rotatable bonds is 4. The van der Waals surface area contributed by atoms with Gasteiger partial charge in [-0.1, -0.05) is 29.5 Å². The Morgan fingerprint density at radius 2 is 1.97 bits per heavy atom. The number of aryl methyl sites for hydroxylation is 2. The second kappa shape index (κ2) is 8.04. The summed E-state index contributed by atoms with van der Waals surface area (Å²) in [4.78, 5) is 26.8. The normalized spacial score (nSPS) is 16.3. The van der Waals surface area contributed by atoms with Crippen LogP contribution in [0.4, 0.5) is 10.8 Å². The van der Waals surface area contributed by atoms with Crippen LogP contribution in [0.1, 0.15) is 38.8 Å². The highest BCUT2D eigenvalue weighted by atomic mass is 79.9. The van der Waals surface area contributed by atoms with Crippen molar-refractivity contribution in [2.45, 2.75) is 26.2 Å². The number of nitrogens with one attached hydrogen (secondary N) is 1. The molecule has 0 aliphatic carbocycles. The summed E-state index contributed by atoms with van der Waals surface area (Å²) < 4.78 is 0.715. The molecule has 8 heteroatoms. The van der Waals surface area contributed by atoms with E-state index in [0.717, 1.165) is 16.3 Å². The van der Waals surface area contributed by atoms with E-state index in [1.807, 2.05) is 37.3 Å². The second-order valence-electron chi connectivity index (χ2n) is 7.05. The topological polar surface area (TPSA) is 75.2 Å². The minimum absolute atomic E-state index is 0.0317. The van der Waals surface area contributed by atoms with Gasteiger partial charge in [0.1, 0.15) is 5.01 Å². The van der Waals surface area contributed by atoms with Gasteiger partial charge in [0.2, 0.25) is 11.0 Å². The summed E-state index contributed by atoms with van der Waals surface area (Å²) in [5.41, 5.74) is 3.80. The maximum absolute atomic E-state index is 12.6. The van der Waals surface area contributed by atoms with Crippen LogP contribution in [0.2, 0.25) is 0 Å². The quantitative estimate of drug-likeness (QED) is 0.599. The smallest absolute Gasteiger partial charge is 0.258 e. The third-order valence-electron chi connectivity index (χ3n) is 5.06. The summed E-state index contributed by atoms with van der Waals surface area (Å²) >= 11 is 4.69. The Hall–Kier alpha value is -2.58. The number of carbonyl (C=O) groups excluding carboxylic acids is 2. The fourth-order valence-corrected chi connectivity index (χ4v) is 4.57. The first-order valence-electron chi connectivity index (χ1n) is 9.19. The predicted molar refractivity (Wildman–Crippen MR) is 118 cm³/mol. The fourth-order valence-electron chi connectivity index (χ4n) is 3.28. The summed E-state index contributed by atoms with van der Waals surface area (Å²) in [5.74, 6) is -0.206. The molecule has 4 rings (SSSR count). The van der Waals surface area contributed by atoms with Crippen LogP contribution < -0.4 is 10.2 Å². The zero-order valence-corrected chi connectivity index (χ0v) is 18.4. The molecule has 3 aromatic rings. The van der Waals surface area contributed by atoms with Gasteiger partial charge in [0.15, 0.2) is 0 Å². The van der Waals surface area contributed by atoms with Crippen molar-refractivity contribution in [3.8, 4) is 0 Å². The van der Waals surface area contributed by atoms with E-state index in [0.29, 0.717) is 28.1 Å². The molecule has 1 aliphatic heterocycles. The van der Waals surface area contributed by atoms with E-state index in [1.165, 1.54) is 16.9 Å². The van der Waals surface area contributed by atoms with Crippen LogP contribution in [-0.4, -0.2) is 28.6 Å². The van der Waals surface area contributed by atoms with E-state index in [4.69, 9.17) is 0 Å². The Balaban J connectivity index is 1.47. The lowest BCUT2D eigenvalue weighted by molar-refractivity contribution is -0.117. The maximum atomic E-state index is 12.6. The molecule has 1 aliphatic rings. The van der Waals surface area contributed by atoms with Crippen LogP contribution in [0.15, 0.2) is 46.9 Å². The number of hydrogen-bond acceptors (Lipinski definition) is 5. The van der Waals surface area contributed by atoms with E-state index < -0.39 is 0 Å². The monoisotopic (exact) mass is 470 g/mol. The van der Waals surface area contributed by atoms with E-state index >= 15 is 0 Å². The average molecular weight is 471 g/mol. The van der Waals surface area contributed by atoms with Gasteiger partial charge >= 0.3 is 0 Å². The lowest BCUT2D eigenvalue weighted by Crippen LogP contribution is -2.24. The third kappa shape index (κ3) is 4.09. The van der Waals surface area contributed by atoms with Crippen LogP contribution >= 0.6 is 27.3 Å². The summed E-state index contributed by atoms with van der Waals surface area (Å²) in [7, 11) is 0. The number of nitrogens with zero attached hydrogens (tertiary/aromatic N) is 3. The van der Waals surface area contributed by atoms with E-state index in [-0.39, 0.29) is 17.7 Å². The number of aromatic nitrogens is 2. The standard InChI is InChI=1S/C21H19BrN4O2S/c1-12-7-8-15(9-13(12)2)26-11-14(10-18(26)27)20-24-25-21(29-20)23-19(28)16-5-3-4-6-17(16)22/h3-9,14H,10-11H2,1-2H3,(H,23,25,28)/t14-/m0/s1. The van der Waals surface area contributed by atoms with Gasteiger partial charge in [0.25, 0.3) is 5.91 Å². The fraction of sp³-hybridized carbons (Fsp3) is 0.238. The minimum atomic E-state index is -0.251. The lowest BCUT2D eigenvalue weighted by atomic mass is 10.1. The van der Waals surface area contributed by atoms with Crippen molar-refractivity contribution in [1.29, 1.82) is 0 Å². The number of carbonyl (C=O) groups is 2. The molecule has 148 valence electrons. The zero-order valence-electron chi connectivity index (χ0n) is 16.0. The van der Waals surface area contributed by atoms with Crippen LogP contribution in [-0.2, 0) is 4.79 Å². The van der Waals surface area contributed by atoms with Crippen molar-refractivity contribution in [2.24, 2.45) is 0 Å². The number of amides is 2. The van der Waals surface area contributed by atoms with Crippen molar-refractivity contribution >= 4 is 49.9 Å². The maximum Gasteiger partial charge on any atom is 0.258 e. The predicted octanol–water partition coefficient (Wildman–Crippen LogP) is 4.69. The number of hydrogen-bond donors (Lipinski definition) is 1. The molecule has 0 saturated carbocycles. The molecule has 0 unspecified atom stereocenters. The van der Waals surface area contributed by atoms with E-state index in [1.54, 1.807) is 17.0 Å². The highest BCUT2D eigenvalue weighted by Crippen LogP contribution is 2.35. The van der Waals surface area contributed by atoms with Gasteiger partial charge in [-0.2, -0.15) is 0 Å². The van der Waals surface area contributed by atoms with Gasteiger partial charge in [-0.25, -0.2) is 0 Å². The molecule has 2 heterocycles. The van der Waals surface area contributed by atoms with Gasteiger partial charge in [0, 0.05) is 29.0 Å². The molecule has 1 atom stereocenters. The molecule has 1 fully saturated rings. The molecular formula is C21H19BrN4O2S. The molecule has 2 aromatic carbocycles. The average Bonchev–Trinajstić information content (AvgIpc) is 3.31. The molecular weight excluding hydrogens is 452 g/mol. The third-order valence-corrected chi connectivity index (χ3v) is 6.75. The highest BCUT2D eigenvalue weighted by molar-refractivity contribution is 9.10. The Labute approximate surface area is 181 Å². The highest BCUT2D eigenvalue weighted by Gasteiger charge is 2.34. The SMILES string of the molecule is Cc1ccc(N2C[C@@H](c3nnc(NC(=O)c4ccccc4Br)s3)CC2=O)cc1C. The Bertz CT molecular complexity index is 1100. The lowest BCUT2D eigenvalue weighted by Gasteiger charge is -2.17. The molecule has 0 radical (unpaired) electrons. The van der Waals surface area contributed by atoms with Crippen LogP contribution in [0.5, 0.6) is 0 Å². The first-order chi connectivity index (χ1) is 13.9. The van der Waals surface area contributed by atoms with E-state index in [9.17, 15) is 9.59 Å². The van der Waals surface area contributed by atoms with Gasteiger partial charge < -0.3 is 4.90 Å². The Morgan fingerprint density at radius 3 is 2.72 bits per heavy atom. The van der Waals surface area contributed by atoms with Gasteiger partial charge in [-0.05, 0) is 65.2 Å². The van der Waals surface area contributed by atoms with Crippen LogP contribution in [0.3, 0.4) is 0 Å². The van der Waals surface area contributed by atoms with Crippen molar-refractivity contribution < 1.29 is 9.59 Å². The van der Waals surface area contributed by atoms with Crippen molar-refractivity contribution in [3.05, 3.63) is 68.6 Å². The first kappa shape index (κ1) is 19.7. The summed E-state index contributed by atoms with van der Waals surface area (Å²) in [6, 6.07) is 13.3. The molecule has 29 heavy (non-hydrogen) atoms. The largest absolute Gasteiger partial charge is 0.312 e. The minimum Gasteiger partial charge on any atom is -0.312 e. The molecule has 2 amide bonds. The van der Waals surface area contributed by atoms with Crippen LogP contribution in [0, 0.1) is 13.8 Å². The van der Waals surface area contributed by atoms with Crippen molar-refractivity contribution in [1.82, 2.24) is 10.2 Å². The second-order valence-corrected chi connectivity index (χ2v) is 8.92.